The van der Waals surface area contributed by atoms with Crippen LogP contribution in [0.5, 0.6) is 0 Å². The van der Waals surface area contributed by atoms with Crippen LogP contribution in [0.4, 0.5) is 0 Å². The molecule has 2 aromatic carbocycles. The number of hydrogen-bond acceptors (Lipinski definition) is 6. The van der Waals surface area contributed by atoms with E-state index in [0.717, 1.165) is 12.8 Å². The number of aliphatic hydroxyl groups excluding tert-OH is 3. The fourth-order valence-corrected chi connectivity index (χ4v) is 1.96. The molecule has 0 aromatic heterocycles. The number of carbonyl (C=O) groups excluding carboxylic acids is 2. The lowest BCUT2D eigenvalue weighted by Gasteiger charge is -2.03. The number of halogens is 1. The van der Waals surface area contributed by atoms with Crippen LogP contribution < -0.4 is 0 Å². The van der Waals surface area contributed by atoms with E-state index in [1.165, 1.54) is 0 Å². The molecule has 0 aliphatic rings. The van der Waals surface area contributed by atoms with Crippen molar-refractivity contribution < 1.29 is 29.6 Å². The lowest BCUT2D eigenvalue weighted by atomic mass is 10.2. The summed E-state index contributed by atoms with van der Waals surface area (Å²) < 4.78 is 4.98. The number of benzene rings is 2. The molecule has 0 atom stereocenters. The van der Waals surface area contributed by atoms with Crippen molar-refractivity contribution in [3.63, 3.8) is 0 Å². The zero-order valence-electron chi connectivity index (χ0n) is 16.4. The number of ether oxygens (including phenoxy) is 1. The van der Waals surface area contributed by atoms with Crippen LogP contribution in [0.25, 0.3) is 0 Å². The second kappa shape index (κ2) is 19.1. The van der Waals surface area contributed by atoms with E-state index in [0.29, 0.717) is 30.6 Å². The van der Waals surface area contributed by atoms with Gasteiger partial charge in [-0.3, -0.25) is 4.79 Å². The molecule has 0 bridgehead atoms. The van der Waals surface area contributed by atoms with Crippen molar-refractivity contribution in [2.24, 2.45) is 0 Å². The van der Waals surface area contributed by atoms with Crippen molar-refractivity contribution in [1.29, 1.82) is 0 Å². The number of carbonyl (C=O) groups is 2. The van der Waals surface area contributed by atoms with Crippen molar-refractivity contribution in [3.05, 3.63) is 71.8 Å². The molecule has 0 radical (unpaired) electrons. The van der Waals surface area contributed by atoms with Crippen LogP contribution in [0.2, 0.25) is 0 Å². The molecule has 0 saturated heterocycles. The van der Waals surface area contributed by atoms with E-state index < -0.39 is 5.24 Å². The zero-order chi connectivity index (χ0) is 21.7. The first-order valence-electron chi connectivity index (χ1n) is 9.36. The van der Waals surface area contributed by atoms with Gasteiger partial charge in [0, 0.05) is 25.4 Å². The molecule has 0 spiro atoms. The number of aliphatic hydroxyl groups is 3. The van der Waals surface area contributed by atoms with Gasteiger partial charge >= 0.3 is 5.97 Å². The number of hydrogen-bond donors (Lipinski definition) is 3. The molecule has 3 N–H and O–H groups in total. The van der Waals surface area contributed by atoms with E-state index in [2.05, 4.69) is 0 Å². The van der Waals surface area contributed by atoms with Crippen molar-refractivity contribution in [2.45, 2.75) is 25.7 Å². The normalized spacial score (nSPS) is 9.38. The van der Waals surface area contributed by atoms with E-state index in [1.54, 1.807) is 48.5 Å². The van der Waals surface area contributed by atoms with Crippen LogP contribution >= 0.6 is 11.6 Å². The summed E-state index contributed by atoms with van der Waals surface area (Å²) >= 11 is 5.16. The second-order valence-electron chi connectivity index (χ2n) is 5.73. The Bertz CT molecular complexity index is 645. The third-order valence-corrected chi connectivity index (χ3v) is 3.58. The highest BCUT2D eigenvalue weighted by Crippen LogP contribution is 2.02. The van der Waals surface area contributed by atoms with Crippen LogP contribution in [-0.4, -0.2) is 53.0 Å². The van der Waals surface area contributed by atoms with Gasteiger partial charge in [0.25, 0.3) is 5.24 Å². The highest BCUT2D eigenvalue weighted by molar-refractivity contribution is 6.67. The van der Waals surface area contributed by atoms with Gasteiger partial charge in [0.05, 0.1) is 12.2 Å². The molecule has 29 heavy (non-hydrogen) atoms. The van der Waals surface area contributed by atoms with Crippen molar-refractivity contribution in [3.8, 4) is 0 Å². The van der Waals surface area contributed by atoms with Gasteiger partial charge in [-0.1, -0.05) is 48.5 Å². The van der Waals surface area contributed by atoms with Crippen molar-refractivity contribution in [1.82, 2.24) is 0 Å². The predicted octanol–water partition coefficient (Wildman–Crippen LogP) is 3.43. The Morgan fingerprint density at radius 3 is 1.48 bits per heavy atom. The van der Waals surface area contributed by atoms with E-state index in [-0.39, 0.29) is 25.8 Å². The largest absolute Gasteiger partial charge is 0.462 e. The van der Waals surface area contributed by atoms with Gasteiger partial charge in [-0.25, -0.2) is 4.79 Å². The molecule has 0 saturated carbocycles. The zero-order valence-corrected chi connectivity index (χ0v) is 17.1. The average molecular weight is 425 g/mol. The summed E-state index contributed by atoms with van der Waals surface area (Å²) in [4.78, 5) is 21.7. The molecule has 2 rings (SSSR count). The summed E-state index contributed by atoms with van der Waals surface area (Å²) in [7, 11) is 0. The molecular weight excluding hydrogens is 396 g/mol. The summed E-state index contributed by atoms with van der Waals surface area (Å²) in [5, 5.41) is 24.3. The maximum Gasteiger partial charge on any atom is 0.338 e. The Hall–Kier alpha value is -2.25. The highest BCUT2D eigenvalue weighted by atomic mass is 35.5. The summed E-state index contributed by atoms with van der Waals surface area (Å²) in [5.74, 6) is -0.302. The van der Waals surface area contributed by atoms with Gasteiger partial charge in [0.2, 0.25) is 0 Å². The third-order valence-electron chi connectivity index (χ3n) is 3.36. The summed E-state index contributed by atoms with van der Waals surface area (Å²) in [6.45, 7) is 0.901. The maximum atomic E-state index is 11.3. The minimum Gasteiger partial charge on any atom is -0.462 e. The quantitative estimate of drug-likeness (QED) is 0.323. The minimum absolute atomic E-state index is 0.142. The molecular formula is C22H29ClO6. The van der Waals surface area contributed by atoms with Gasteiger partial charge in [-0.05, 0) is 49.4 Å². The van der Waals surface area contributed by atoms with Crippen LogP contribution in [-0.2, 0) is 4.74 Å². The standard InChI is InChI=1S/C11H14O3.C7H5ClO.C4H10O2/c12-8-4-5-9-14-11(13)10-6-2-1-3-7-10;8-7(9)6-4-2-1-3-5-6;5-3-1-2-4-6/h1-3,6-7,12H,4-5,8-9H2;1-5H;5-6H,1-4H2. The first-order valence-corrected chi connectivity index (χ1v) is 9.74. The van der Waals surface area contributed by atoms with Crippen LogP contribution in [0, 0.1) is 0 Å². The summed E-state index contributed by atoms with van der Waals surface area (Å²) in [6.07, 6.45) is 2.81. The number of rotatable bonds is 9. The molecule has 7 heteroatoms. The Morgan fingerprint density at radius 2 is 1.10 bits per heavy atom. The highest BCUT2D eigenvalue weighted by Gasteiger charge is 2.04. The Balaban J connectivity index is 0.000000448. The first-order chi connectivity index (χ1) is 14.1. The fraction of sp³-hybridized carbons (Fsp3) is 0.364. The van der Waals surface area contributed by atoms with Crippen molar-refractivity contribution in [2.75, 3.05) is 26.4 Å². The molecule has 0 heterocycles. The molecule has 0 aliphatic heterocycles. The van der Waals surface area contributed by atoms with Crippen molar-refractivity contribution >= 4 is 22.8 Å². The maximum absolute atomic E-state index is 11.3. The van der Waals surface area contributed by atoms with Crippen LogP contribution in [0.15, 0.2) is 60.7 Å². The Kier molecular flexibility index (Phi) is 17.6. The van der Waals surface area contributed by atoms with E-state index in [4.69, 9.17) is 31.7 Å². The van der Waals surface area contributed by atoms with Gasteiger partial charge in [-0.2, -0.15) is 0 Å². The fourth-order valence-electron chi connectivity index (χ4n) is 1.83. The number of esters is 1. The second-order valence-corrected chi connectivity index (χ2v) is 6.07. The molecule has 2 aromatic rings. The van der Waals surface area contributed by atoms with Gasteiger partial charge in [0.1, 0.15) is 0 Å². The Labute approximate surface area is 176 Å². The third kappa shape index (κ3) is 15.4. The molecule has 0 unspecified atom stereocenters. The smallest absolute Gasteiger partial charge is 0.338 e. The lowest BCUT2D eigenvalue weighted by Crippen LogP contribution is -2.06. The Morgan fingerprint density at radius 1 is 0.690 bits per heavy atom. The predicted molar refractivity (Wildman–Crippen MR) is 113 cm³/mol. The van der Waals surface area contributed by atoms with Gasteiger partial charge in [-0.15, -0.1) is 0 Å². The molecule has 6 nitrogen and oxygen atoms in total. The van der Waals surface area contributed by atoms with Crippen LogP contribution in [0.1, 0.15) is 46.4 Å². The van der Waals surface area contributed by atoms with Gasteiger partial charge in [0.15, 0.2) is 0 Å². The lowest BCUT2D eigenvalue weighted by molar-refractivity contribution is 0.0492. The van der Waals surface area contributed by atoms with Crippen LogP contribution in [0.3, 0.4) is 0 Å². The van der Waals surface area contributed by atoms with E-state index >= 15 is 0 Å². The molecule has 0 fully saturated rings. The molecule has 0 amide bonds. The average Bonchev–Trinajstić information content (AvgIpc) is 2.77. The minimum atomic E-state index is -0.407. The summed E-state index contributed by atoms with van der Waals surface area (Å²) in [6, 6.07) is 17.6. The monoisotopic (exact) mass is 424 g/mol. The summed E-state index contributed by atoms with van der Waals surface area (Å²) in [5.41, 5.74) is 1.11. The SMILES string of the molecule is O=C(Cl)c1ccccc1.O=C(OCCCCO)c1ccccc1.OCCCCO. The molecule has 0 aliphatic carbocycles. The van der Waals surface area contributed by atoms with Gasteiger partial charge < -0.3 is 20.1 Å². The van der Waals surface area contributed by atoms with E-state index in [1.807, 2.05) is 12.1 Å². The topological polar surface area (TPSA) is 104 Å². The first kappa shape index (κ1) is 26.8. The number of unbranched alkanes of at least 4 members (excludes halogenated alkanes) is 2. The van der Waals surface area contributed by atoms with E-state index in [9.17, 15) is 9.59 Å². The molecule has 160 valence electrons.